The second-order valence-corrected chi connectivity index (χ2v) is 7.93. The molecular weight excluding hydrogens is 374 g/mol. The van der Waals surface area contributed by atoms with E-state index in [0.717, 1.165) is 34.5 Å². The van der Waals surface area contributed by atoms with E-state index in [2.05, 4.69) is 15.5 Å². The van der Waals surface area contributed by atoms with E-state index in [1.54, 1.807) is 12.3 Å². The summed E-state index contributed by atoms with van der Waals surface area (Å²) in [6, 6.07) is 4.42. The zero-order valence-electron chi connectivity index (χ0n) is 15.8. The third-order valence-corrected chi connectivity index (χ3v) is 4.62. The van der Waals surface area contributed by atoms with Crippen molar-refractivity contribution in [3.63, 3.8) is 0 Å². The van der Waals surface area contributed by atoms with Crippen molar-refractivity contribution >= 4 is 35.1 Å². The number of halogens is 2. The van der Waals surface area contributed by atoms with E-state index in [-0.39, 0.29) is 11.1 Å². The van der Waals surface area contributed by atoms with Crippen LogP contribution in [0.25, 0.3) is 0 Å². The third-order valence-electron chi connectivity index (χ3n) is 3.75. The molecule has 2 rings (SSSR count). The molecule has 0 saturated carbocycles. The van der Waals surface area contributed by atoms with Crippen molar-refractivity contribution in [1.82, 2.24) is 10.2 Å². The van der Waals surface area contributed by atoms with E-state index in [1.807, 2.05) is 20.8 Å². The lowest BCUT2D eigenvalue weighted by atomic mass is 9.92. The number of carbonyl (C=O) groups excluding carboxylic acids is 2. The van der Waals surface area contributed by atoms with Crippen molar-refractivity contribution in [3.05, 3.63) is 41.6 Å². The minimum atomic E-state index is -1.02. The molecule has 0 aliphatic rings. The van der Waals surface area contributed by atoms with Crippen LogP contribution in [0, 0.1) is 11.6 Å². The molecule has 9 heteroatoms. The fraction of sp³-hybridized carbons (Fsp3) is 0.389. The molecule has 27 heavy (non-hydrogen) atoms. The number of benzene rings is 1. The largest absolute Gasteiger partial charge is 0.308 e. The molecule has 0 aliphatic heterocycles. The average molecular weight is 396 g/mol. The number of nitrogens with one attached hydrogen (secondary N) is 2. The summed E-state index contributed by atoms with van der Waals surface area (Å²) in [5.74, 6) is -2.33. The zero-order chi connectivity index (χ0) is 20.4. The molecule has 0 spiro atoms. The van der Waals surface area contributed by atoms with Gasteiger partial charge >= 0.3 is 0 Å². The van der Waals surface area contributed by atoms with Crippen LogP contribution in [0.15, 0.2) is 24.3 Å². The summed E-state index contributed by atoms with van der Waals surface area (Å²) in [5, 5.41) is 8.53. The van der Waals surface area contributed by atoms with Crippen LogP contribution in [0.1, 0.15) is 33.4 Å². The summed E-state index contributed by atoms with van der Waals surface area (Å²) in [6.45, 7) is 7.17. The highest BCUT2D eigenvalue weighted by Gasteiger charge is 2.30. The molecule has 2 amide bonds. The number of hydrogen-bond acceptors (Lipinski definition) is 4. The predicted octanol–water partition coefficient (Wildman–Crippen LogP) is 3.67. The van der Waals surface area contributed by atoms with Crippen LogP contribution >= 0.6 is 11.8 Å². The Kier molecular flexibility index (Phi) is 6.25. The van der Waals surface area contributed by atoms with Gasteiger partial charge in [0.1, 0.15) is 17.5 Å². The lowest BCUT2D eigenvalue weighted by Gasteiger charge is -2.28. The van der Waals surface area contributed by atoms with Crippen molar-refractivity contribution in [3.8, 4) is 0 Å². The van der Waals surface area contributed by atoms with Crippen LogP contribution < -0.4 is 10.2 Å². The van der Waals surface area contributed by atoms with Gasteiger partial charge in [-0.3, -0.25) is 19.6 Å². The average Bonchev–Trinajstić information content (AvgIpc) is 2.99. The molecule has 146 valence electrons. The molecule has 0 radical (unpaired) electrons. The minimum absolute atomic E-state index is 0.0329. The van der Waals surface area contributed by atoms with Crippen LogP contribution in [-0.2, 0) is 15.0 Å². The summed E-state index contributed by atoms with van der Waals surface area (Å²) in [5.41, 5.74) is 0.520. The van der Waals surface area contributed by atoms with Gasteiger partial charge in [0.05, 0.1) is 11.4 Å². The highest BCUT2D eigenvalue weighted by molar-refractivity contribution is 8.00. The van der Waals surface area contributed by atoms with Gasteiger partial charge in [0.2, 0.25) is 5.91 Å². The highest BCUT2D eigenvalue weighted by Crippen LogP contribution is 2.26. The Labute approximate surface area is 160 Å². The van der Waals surface area contributed by atoms with E-state index < -0.39 is 28.8 Å². The van der Waals surface area contributed by atoms with Gasteiger partial charge < -0.3 is 5.32 Å². The number of carbonyl (C=O) groups is 2. The first-order valence-corrected chi connectivity index (χ1v) is 9.47. The van der Waals surface area contributed by atoms with Gasteiger partial charge in [0.15, 0.2) is 5.37 Å². The van der Waals surface area contributed by atoms with Gasteiger partial charge in [-0.25, -0.2) is 8.78 Å². The van der Waals surface area contributed by atoms with E-state index in [9.17, 15) is 18.4 Å². The van der Waals surface area contributed by atoms with Crippen molar-refractivity contribution < 1.29 is 18.4 Å². The van der Waals surface area contributed by atoms with Crippen molar-refractivity contribution in [1.29, 1.82) is 0 Å². The molecule has 1 aromatic heterocycles. The van der Waals surface area contributed by atoms with Crippen molar-refractivity contribution in [2.24, 2.45) is 0 Å². The zero-order valence-corrected chi connectivity index (χ0v) is 16.6. The number of nitrogens with zero attached hydrogens (tertiary/aromatic N) is 2. The van der Waals surface area contributed by atoms with Crippen molar-refractivity contribution in [2.45, 2.75) is 38.5 Å². The lowest BCUT2D eigenvalue weighted by Crippen LogP contribution is -2.44. The standard InChI is InChI=1S/C18H22F2N4O2S/c1-10(25)24(13-7-11(19)6-12(20)8-13)17(27-5)16(26)21-15-9-14(22-23-15)18(2,3)4/h6-9,17H,1-5H3,(H2,21,22,23,26). The molecule has 1 aromatic carbocycles. The Balaban J connectivity index is 2.29. The molecule has 0 bridgehead atoms. The molecule has 1 atom stereocenters. The molecule has 1 unspecified atom stereocenters. The first-order chi connectivity index (χ1) is 12.5. The number of anilines is 2. The third kappa shape index (κ3) is 5.06. The van der Waals surface area contributed by atoms with Gasteiger partial charge in [-0.05, 0) is 18.4 Å². The molecule has 0 saturated heterocycles. The summed E-state index contributed by atoms with van der Waals surface area (Å²) in [6.07, 6.45) is 1.63. The summed E-state index contributed by atoms with van der Waals surface area (Å²) >= 11 is 1.07. The first kappa shape index (κ1) is 20.9. The fourth-order valence-electron chi connectivity index (χ4n) is 2.45. The topological polar surface area (TPSA) is 78.1 Å². The second-order valence-electron chi connectivity index (χ2n) is 7.01. The normalized spacial score (nSPS) is 12.6. The van der Waals surface area contributed by atoms with Gasteiger partial charge in [-0.2, -0.15) is 5.10 Å². The Bertz CT molecular complexity index is 828. The molecule has 1 heterocycles. The van der Waals surface area contributed by atoms with E-state index in [1.165, 1.54) is 6.92 Å². The minimum Gasteiger partial charge on any atom is -0.308 e. The van der Waals surface area contributed by atoms with E-state index in [4.69, 9.17) is 0 Å². The molecule has 0 aliphatic carbocycles. The number of amides is 2. The molecule has 2 aromatic rings. The van der Waals surface area contributed by atoms with Crippen LogP contribution in [0.4, 0.5) is 20.3 Å². The molecular formula is C18H22F2N4O2S. The number of aromatic nitrogens is 2. The maximum atomic E-state index is 13.6. The van der Waals surface area contributed by atoms with Crippen LogP contribution in [0.3, 0.4) is 0 Å². The smallest absolute Gasteiger partial charge is 0.259 e. The quantitative estimate of drug-likeness (QED) is 0.756. The van der Waals surface area contributed by atoms with Crippen LogP contribution in [0.2, 0.25) is 0 Å². The Hall–Kier alpha value is -2.42. The Morgan fingerprint density at radius 1 is 1.19 bits per heavy atom. The first-order valence-electron chi connectivity index (χ1n) is 8.18. The summed E-state index contributed by atoms with van der Waals surface area (Å²) < 4.78 is 27.2. The molecule has 2 N–H and O–H groups in total. The number of hydrogen-bond donors (Lipinski definition) is 2. The monoisotopic (exact) mass is 396 g/mol. The maximum Gasteiger partial charge on any atom is 0.259 e. The van der Waals surface area contributed by atoms with Gasteiger partial charge in [0, 0.05) is 24.5 Å². The Morgan fingerprint density at radius 3 is 2.22 bits per heavy atom. The van der Waals surface area contributed by atoms with Gasteiger partial charge in [-0.1, -0.05) is 20.8 Å². The summed E-state index contributed by atoms with van der Waals surface area (Å²) in [4.78, 5) is 25.9. The number of rotatable bonds is 5. The summed E-state index contributed by atoms with van der Waals surface area (Å²) in [7, 11) is 0. The SMILES string of the molecule is CSC(C(=O)Nc1cc(C(C)(C)C)n[nH]1)N(C(C)=O)c1cc(F)cc(F)c1. The molecule has 0 fully saturated rings. The van der Waals surface area contributed by atoms with E-state index in [0.29, 0.717) is 11.9 Å². The second kappa shape index (κ2) is 8.08. The highest BCUT2D eigenvalue weighted by atomic mass is 32.2. The number of H-pyrrole nitrogens is 1. The van der Waals surface area contributed by atoms with E-state index >= 15 is 0 Å². The number of aromatic amines is 1. The Morgan fingerprint density at radius 2 is 1.78 bits per heavy atom. The van der Waals surface area contributed by atoms with Gasteiger partial charge in [0.25, 0.3) is 5.91 Å². The lowest BCUT2D eigenvalue weighted by molar-refractivity contribution is -0.121. The van der Waals surface area contributed by atoms with Gasteiger partial charge in [-0.15, -0.1) is 11.8 Å². The maximum absolute atomic E-state index is 13.6. The molecule has 6 nitrogen and oxygen atoms in total. The van der Waals surface area contributed by atoms with Crippen LogP contribution in [-0.4, -0.2) is 33.6 Å². The van der Waals surface area contributed by atoms with Crippen LogP contribution in [0.5, 0.6) is 0 Å². The fourth-order valence-corrected chi connectivity index (χ4v) is 3.21. The number of thioether (sulfide) groups is 1. The predicted molar refractivity (Wildman–Crippen MR) is 103 cm³/mol. The van der Waals surface area contributed by atoms with Crippen molar-refractivity contribution in [2.75, 3.05) is 16.5 Å².